The van der Waals surface area contributed by atoms with Crippen molar-refractivity contribution in [3.8, 4) is 46.6 Å². The fraction of sp³-hybridized carbons (Fsp3) is 0.0968. The molecule has 0 atom stereocenters. The third-order valence-corrected chi connectivity index (χ3v) is 16.2. The molecule has 0 saturated heterocycles. The number of nitrogens with zero attached hydrogens (tertiary/aromatic N) is 16. The number of hydrogen-bond donors (Lipinski definition) is 6. The first-order valence-corrected chi connectivity index (χ1v) is 31.8. The molecule has 0 saturated carbocycles. The number of imidazole rings is 8. The third kappa shape index (κ3) is 20.5. The molecule has 0 unspecified atom stereocenters. The van der Waals surface area contributed by atoms with Gasteiger partial charge in [-0.05, 0) is 161 Å². The maximum absolute atomic E-state index is 12.6. The van der Waals surface area contributed by atoms with Gasteiger partial charge in [0.2, 0.25) is 0 Å². The van der Waals surface area contributed by atoms with Crippen molar-refractivity contribution in [2.24, 2.45) is 0 Å². The largest absolute Gasteiger partial charge is 0.400 e. The van der Waals surface area contributed by atoms with Crippen molar-refractivity contribution in [1.82, 2.24) is 98.0 Å². The molecule has 0 aliphatic rings. The van der Waals surface area contributed by atoms with Crippen LogP contribution in [0, 0.1) is 60.8 Å². The first kappa shape index (κ1) is 74.4. The summed E-state index contributed by atoms with van der Waals surface area (Å²) in [5.41, 5.74) is 4.74. The Morgan fingerprint density at radius 1 is 0.281 bits per heavy atom. The van der Waals surface area contributed by atoms with Crippen molar-refractivity contribution < 1.29 is 45.3 Å². The van der Waals surface area contributed by atoms with Crippen LogP contribution in [-0.2, 0) is 26.2 Å². The van der Waals surface area contributed by atoms with Gasteiger partial charge in [0.1, 0.15) is 0 Å². The average Bonchev–Trinajstić information content (AvgIpc) is 1.38. The Morgan fingerprint density at radius 2 is 0.458 bits per heavy atom. The smallest absolute Gasteiger partial charge is 0.176 e. The quantitative estimate of drug-likeness (QED) is 0.0287. The molecule has 0 fully saturated rings. The van der Waals surface area contributed by atoms with E-state index in [1.54, 1.807) is 124 Å². The van der Waals surface area contributed by atoms with Crippen molar-refractivity contribution >= 4 is 90.4 Å². The van der Waals surface area contributed by atoms with Crippen LogP contribution in [0.1, 0.15) is 22.3 Å². The van der Waals surface area contributed by atoms with Crippen molar-refractivity contribution in [3.05, 3.63) is 280 Å². The van der Waals surface area contributed by atoms with Gasteiger partial charge in [-0.1, -0.05) is 0 Å². The van der Waals surface area contributed by atoms with Crippen LogP contribution in [0.15, 0.2) is 197 Å². The third-order valence-electron chi connectivity index (χ3n) is 12.4. The van der Waals surface area contributed by atoms with Crippen LogP contribution < -0.4 is 0 Å². The molecule has 0 radical (unpaired) electrons. The van der Waals surface area contributed by atoms with Gasteiger partial charge in [-0.25, -0.2) is 75.0 Å². The second kappa shape index (κ2) is 38.5. The number of benzene rings is 2. The van der Waals surface area contributed by atoms with Gasteiger partial charge < -0.3 is 48.4 Å². The monoisotopic (exact) mass is 1770 g/mol. The summed E-state index contributed by atoms with van der Waals surface area (Å²) in [6.45, 7) is 3.05. The first-order chi connectivity index (χ1) is 46.7. The summed E-state index contributed by atoms with van der Waals surface area (Å²) in [6, 6.07) is 15.9. The van der Waals surface area contributed by atoms with Crippen LogP contribution in [0.4, 0.5) is 35.1 Å². The summed E-state index contributed by atoms with van der Waals surface area (Å²) >= 11 is 4.81. The van der Waals surface area contributed by atoms with Gasteiger partial charge in [0.05, 0.1) is 14.3 Å². The molecule has 0 aliphatic heterocycles. The fourth-order valence-electron chi connectivity index (χ4n) is 8.06. The van der Waals surface area contributed by atoms with Crippen molar-refractivity contribution in [2.45, 2.75) is 26.2 Å². The zero-order valence-corrected chi connectivity index (χ0v) is 58.5. The molecule has 14 rings (SSSR count). The number of aromatic amines is 4. The summed E-state index contributed by atoms with van der Waals surface area (Å²) in [6.07, 6.45) is 43.3. The lowest BCUT2D eigenvalue weighted by Crippen LogP contribution is -2.02. The summed E-state index contributed by atoms with van der Waals surface area (Å²) in [7, 11) is 2.00. The first-order valence-electron chi connectivity index (χ1n) is 27.5. The zero-order valence-electron chi connectivity index (χ0n) is 49.9. The lowest BCUT2D eigenvalue weighted by atomic mass is 10.2. The second-order valence-corrected chi connectivity index (χ2v) is 22.8. The lowest BCUT2D eigenvalue weighted by molar-refractivity contribution is 0.399. The van der Waals surface area contributed by atoms with Crippen LogP contribution in [-0.4, -0.2) is 122 Å². The molecular weight excluding hydrogens is 1720 g/mol. The molecule has 96 heavy (non-hydrogen) atoms. The van der Waals surface area contributed by atoms with Crippen molar-refractivity contribution in [1.29, 1.82) is 0 Å². The van der Waals surface area contributed by atoms with E-state index in [1.165, 1.54) is 113 Å². The van der Waals surface area contributed by atoms with E-state index < -0.39 is 60.8 Å². The van der Waals surface area contributed by atoms with E-state index in [0.29, 0.717) is 0 Å². The highest BCUT2D eigenvalue weighted by Crippen LogP contribution is 2.28. The fourth-order valence-corrected chi connectivity index (χ4v) is 9.96. The van der Waals surface area contributed by atoms with E-state index >= 15 is 0 Å². The van der Waals surface area contributed by atoms with E-state index in [0.717, 1.165) is 87.0 Å². The number of rotatable bonds is 12. The Hall–Kier alpha value is -9.00. The molecule has 34 heteroatoms. The van der Waals surface area contributed by atoms with Crippen molar-refractivity contribution in [3.63, 3.8) is 0 Å². The maximum atomic E-state index is 12.6. The SMILES string of the molecule is CO.CO.Fc1c(F)c(I)c(F)c(F)c1I.Fc1c(F)c(I)c(F)c(F)c1I.c1cc(Cn2ccnc2-c2ncc[nH]2)ccn1.c1cc(Cn2ccnc2-c2ncc[nH]2)ccn1.c1cc(Cn2ccnc2-c2ncc[nH]2)ccn1.c1cc(Cn2ccnc2-c2ncc[nH]2)ccn1. The van der Waals surface area contributed by atoms with Crippen LogP contribution >= 0.6 is 90.4 Å². The second-order valence-electron chi connectivity index (χ2n) is 18.5. The molecule has 6 N–H and O–H groups in total. The Labute approximate surface area is 596 Å². The van der Waals surface area contributed by atoms with E-state index in [4.69, 9.17) is 10.2 Å². The molecule has 12 aromatic heterocycles. The molecule has 0 aliphatic carbocycles. The molecule has 14 aromatic rings. The number of aliphatic hydroxyl groups is 2. The Kier molecular flexibility index (Phi) is 29.9. The molecule has 0 amide bonds. The van der Waals surface area contributed by atoms with E-state index in [-0.39, 0.29) is 0 Å². The summed E-state index contributed by atoms with van der Waals surface area (Å²) < 4.78 is 107. The highest BCUT2D eigenvalue weighted by Gasteiger charge is 2.23. The van der Waals surface area contributed by atoms with Gasteiger partial charge >= 0.3 is 0 Å². The molecule has 2 aromatic carbocycles. The highest BCUT2D eigenvalue weighted by atomic mass is 127. The van der Waals surface area contributed by atoms with E-state index in [1.807, 2.05) is 91.6 Å². The lowest BCUT2D eigenvalue weighted by Gasteiger charge is -2.05. The van der Waals surface area contributed by atoms with Crippen LogP contribution in [0.2, 0.25) is 0 Å². The van der Waals surface area contributed by atoms with Crippen LogP contribution in [0.3, 0.4) is 0 Å². The van der Waals surface area contributed by atoms with E-state index in [9.17, 15) is 35.1 Å². The number of aromatic nitrogens is 20. The van der Waals surface area contributed by atoms with Gasteiger partial charge in [-0.15, -0.1) is 0 Å². The number of H-pyrrole nitrogens is 4. The highest BCUT2D eigenvalue weighted by molar-refractivity contribution is 14.1. The topological polar surface area (TPSA) is 278 Å². The Morgan fingerprint density at radius 3 is 0.615 bits per heavy atom. The molecule has 12 heterocycles. The van der Waals surface area contributed by atoms with Gasteiger partial charge in [0.15, 0.2) is 93.1 Å². The Bertz CT molecular complexity index is 3800. The molecule has 0 spiro atoms. The van der Waals surface area contributed by atoms with Crippen molar-refractivity contribution in [2.75, 3.05) is 14.2 Å². The maximum Gasteiger partial charge on any atom is 0.176 e. The minimum absolute atomic E-state index is 0.664. The molecule has 496 valence electrons. The minimum atomic E-state index is -1.35. The average molecular weight is 1770 g/mol. The molecule has 0 bridgehead atoms. The summed E-state index contributed by atoms with van der Waals surface area (Å²) in [5, 5.41) is 14.0. The summed E-state index contributed by atoms with van der Waals surface area (Å²) in [5.74, 6) is -4.30. The number of hydrogen-bond acceptors (Lipinski definition) is 14. The normalized spacial score (nSPS) is 10.2. The van der Waals surface area contributed by atoms with Gasteiger partial charge in [0.25, 0.3) is 0 Å². The number of aliphatic hydroxyl groups excluding tert-OH is 2. The van der Waals surface area contributed by atoms with Gasteiger partial charge in [0, 0.05) is 189 Å². The minimum Gasteiger partial charge on any atom is -0.400 e. The summed E-state index contributed by atoms with van der Waals surface area (Å²) in [4.78, 5) is 62.3. The number of nitrogens with one attached hydrogen (secondary N) is 4. The number of pyridine rings is 4. The molecule has 22 nitrogen and oxygen atoms in total. The zero-order chi connectivity index (χ0) is 68.9. The van der Waals surface area contributed by atoms with Crippen LogP contribution in [0.5, 0.6) is 0 Å². The van der Waals surface area contributed by atoms with Crippen LogP contribution in [0.25, 0.3) is 46.6 Å². The Balaban J connectivity index is 0.000000162. The van der Waals surface area contributed by atoms with Gasteiger partial charge in [-0.3, -0.25) is 19.9 Å². The van der Waals surface area contributed by atoms with E-state index in [2.05, 4.69) is 79.7 Å². The predicted octanol–water partition coefficient (Wildman–Crippen LogP) is 13.0. The molecular formula is C62H52F8I4N20O2. The standard InChI is InChI=1S/4C12H11N5.2C6F4I2.2CH4O/c4*1-3-13-4-2-10(1)9-17-8-7-16-12(17)11-14-5-6-15-11;2*7-1-2(8)6(12)4(10)3(9)5(1)11;2*1-2/h4*1-8H,9H2,(H,14,15);;;2*2H,1H3. The predicted molar refractivity (Wildman–Crippen MR) is 372 cm³/mol. The van der Waals surface area contributed by atoms with Gasteiger partial charge in [-0.2, -0.15) is 0 Å². The number of halogens is 12.